The molecule has 0 aromatic heterocycles. The van der Waals surface area contributed by atoms with E-state index >= 15 is 0 Å². The summed E-state index contributed by atoms with van der Waals surface area (Å²) in [6, 6.07) is 6.82. The van der Waals surface area contributed by atoms with E-state index in [-0.39, 0.29) is 23.9 Å². The number of primary amides is 1. The first-order valence-electron chi connectivity index (χ1n) is 6.70. The van der Waals surface area contributed by atoms with Gasteiger partial charge in [0.1, 0.15) is 0 Å². The number of carbonyl (C=O) groups excluding carboxylic acids is 2. The van der Waals surface area contributed by atoms with Gasteiger partial charge in [-0.05, 0) is 44.0 Å². The van der Waals surface area contributed by atoms with E-state index in [0.717, 1.165) is 12.8 Å². The number of urea groups is 1. The fourth-order valence-electron chi connectivity index (χ4n) is 2.38. The number of hydrogen-bond donors (Lipinski definition) is 3. The molecule has 1 aromatic carbocycles. The van der Waals surface area contributed by atoms with Gasteiger partial charge in [-0.25, -0.2) is 4.79 Å². The number of hydrogen-bond acceptors (Lipinski definition) is 3. The Morgan fingerprint density at radius 3 is 2.50 bits per heavy atom. The first kappa shape index (κ1) is 14.2. The average Bonchev–Trinajstić information content (AvgIpc) is 2.41. The lowest BCUT2D eigenvalue weighted by Crippen LogP contribution is -2.50. The number of nitrogen functional groups attached to an aromatic ring is 1. The molecule has 6 nitrogen and oxygen atoms in total. The standard InChI is InChI=1S/C14H20N4O2/c1-9-2-3-10(13(16)19)8-18(9)14(20)17-12-6-4-11(15)5-7-12/h4-7,9-10H,2-3,8,15H2,1H3,(H2,16,19)(H,17,20). The van der Waals surface area contributed by atoms with E-state index in [0.29, 0.717) is 17.9 Å². The Morgan fingerprint density at radius 1 is 1.25 bits per heavy atom. The Bertz CT molecular complexity index is 500. The number of nitrogens with zero attached hydrogens (tertiary/aromatic N) is 1. The van der Waals surface area contributed by atoms with Gasteiger partial charge in [-0.1, -0.05) is 0 Å². The number of benzene rings is 1. The molecular formula is C14H20N4O2. The van der Waals surface area contributed by atoms with E-state index in [4.69, 9.17) is 11.5 Å². The molecular weight excluding hydrogens is 256 g/mol. The number of nitrogens with two attached hydrogens (primary N) is 2. The van der Waals surface area contributed by atoms with Gasteiger partial charge in [-0.15, -0.1) is 0 Å². The van der Waals surface area contributed by atoms with Gasteiger partial charge in [0, 0.05) is 24.0 Å². The SMILES string of the molecule is CC1CCC(C(N)=O)CN1C(=O)Nc1ccc(N)cc1. The van der Waals surface area contributed by atoms with Gasteiger partial charge < -0.3 is 21.7 Å². The molecule has 0 saturated carbocycles. The average molecular weight is 276 g/mol. The van der Waals surface area contributed by atoms with Crippen LogP contribution in [-0.4, -0.2) is 29.4 Å². The molecule has 0 bridgehead atoms. The number of piperidine rings is 1. The van der Waals surface area contributed by atoms with E-state index in [1.54, 1.807) is 29.2 Å². The maximum Gasteiger partial charge on any atom is 0.322 e. The molecule has 2 atom stereocenters. The fraction of sp³-hybridized carbons (Fsp3) is 0.429. The molecule has 20 heavy (non-hydrogen) atoms. The number of anilines is 2. The number of carbonyl (C=O) groups is 2. The molecule has 1 aromatic rings. The van der Waals surface area contributed by atoms with E-state index in [1.165, 1.54) is 0 Å². The molecule has 1 heterocycles. The summed E-state index contributed by atoms with van der Waals surface area (Å²) in [5.74, 6) is -0.606. The van der Waals surface area contributed by atoms with Crippen molar-refractivity contribution in [2.24, 2.45) is 11.7 Å². The Kier molecular flexibility index (Phi) is 4.12. The molecule has 2 rings (SSSR count). The summed E-state index contributed by atoms with van der Waals surface area (Å²) >= 11 is 0. The van der Waals surface area contributed by atoms with Crippen molar-refractivity contribution in [1.82, 2.24) is 4.90 Å². The lowest BCUT2D eigenvalue weighted by Gasteiger charge is -2.36. The Hall–Kier alpha value is -2.24. The van der Waals surface area contributed by atoms with Crippen molar-refractivity contribution in [3.8, 4) is 0 Å². The van der Waals surface area contributed by atoms with Crippen LogP contribution in [0.1, 0.15) is 19.8 Å². The second kappa shape index (κ2) is 5.81. The zero-order valence-corrected chi connectivity index (χ0v) is 11.5. The monoisotopic (exact) mass is 276 g/mol. The van der Waals surface area contributed by atoms with Crippen LogP contribution in [0.25, 0.3) is 0 Å². The van der Waals surface area contributed by atoms with Crippen molar-refractivity contribution < 1.29 is 9.59 Å². The van der Waals surface area contributed by atoms with Crippen LogP contribution in [0.3, 0.4) is 0 Å². The first-order chi connectivity index (χ1) is 9.47. The predicted molar refractivity (Wildman–Crippen MR) is 78.0 cm³/mol. The van der Waals surface area contributed by atoms with E-state index in [1.807, 2.05) is 6.92 Å². The van der Waals surface area contributed by atoms with Crippen molar-refractivity contribution >= 4 is 23.3 Å². The number of amides is 3. The van der Waals surface area contributed by atoms with Crippen LogP contribution < -0.4 is 16.8 Å². The van der Waals surface area contributed by atoms with Gasteiger partial charge in [0.15, 0.2) is 0 Å². The summed E-state index contributed by atoms with van der Waals surface area (Å²) in [7, 11) is 0. The molecule has 3 amide bonds. The molecule has 108 valence electrons. The van der Waals surface area contributed by atoms with Crippen molar-refractivity contribution in [2.45, 2.75) is 25.8 Å². The zero-order valence-electron chi connectivity index (χ0n) is 11.5. The highest BCUT2D eigenvalue weighted by Gasteiger charge is 2.31. The summed E-state index contributed by atoms with van der Waals surface area (Å²) in [4.78, 5) is 25.2. The van der Waals surface area contributed by atoms with E-state index in [2.05, 4.69) is 5.32 Å². The number of rotatable bonds is 2. The number of likely N-dealkylation sites (tertiary alicyclic amines) is 1. The molecule has 5 N–H and O–H groups in total. The van der Waals surface area contributed by atoms with Gasteiger partial charge in [0.05, 0.1) is 5.92 Å². The van der Waals surface area contributed by atoms with Crippen LogP contribution in [0.15, 0.2) is 24.3 Å². The molecule has 1 fully saturated rings. The summed E-state index contributed by atoms with van der Waals surface area (Å²) in [5.41, 5.74) is 12.3. The molecule has 2 unspecified atom stereocenters. The number of nitrogens with one attached hydrogen (secondary N) is 1. The molecule has 1 aliphatic heterocycles. The van der Waals surface area contributed by atoms with Crippen LogP contribution in [-0.2, 0) is 4.79 Å². The normalized spacial score (nSPS) is 22.4. The third-order valence-corrected chi connectivity index (χ3v) is 3.71. The maximum absolute atomic E-state index is 12.3. The van der Waals surface area contributed by atoms with Crippen LogP contribution in [0, 0.1) is 5.92 Å². The van der Waals surface area contributed by atoms with Gasteiger partial charge >= 0.3 is 6.03 Å². The lowest BCUT2D eigenvalue weighted by molar-refractivity contribution is -0.123. The minimum atomic E-state index is -0.345. The highest BCUT2D eigenvalue weighted by Crippen LogP contribution is 2.22. The topological polar surface area (TPSA) is 101 Å². The first-order valence-corrected chi connectivity index (χ1v) is 6.70. The third kappa shape index (κ3) is 3.20. The minimum absolute atomic E-state index is 0.0966. The van der Waals surface area contributed by atoms with Crippen molar-refractivity contribution in [3.63, 3.8) is 0 Å². The molecule has 0 radical (unpaired) electrons. The van der Waals surface area contributed by atoms with Crippen LogP contribution in [0.4, 0.5) is 16.2 Å². The maximum atomic E-state index is 12.3. The highest BCUT2D eigenvalue weighted by molar-refractivity contribution is 5.90. The van der Waals surface area contributed by atoms with Crippen LogP contribution in [0.2, 0.25) is 0 Å². The van der Waals surface area contributed by atoms with E-state index in [9.17, 15) is 9.59 Å². The second-order valence-electron chi connectivity index (χ2n) is 5.23. The van der Waals surface area contributed by atoms with Crippen molar-refractivity contribution in [2.75, 3.05) is 17.6 Å². The molecule has 1 saturated heterocycles. The molecule has 1 aliphatic rings. The summed E-state index contributed by atoms with van der Waals surface area (Å²) in [6.45, 7) is 2.34. The Balaban J connectivity index is 2.03. The highest BCUT2D eigenvalue weighted by atomic mass is 16.2. The quantitative estimate of drug-likeness (QED) is 0.711. The van der Waals surface area contributed by atoms with Gasteiger partial charge in [-0.2, -0.15) is 0 Å². The van der Waals surface area contributed by atoms with Crippen LogP contribution in [0.5, 0.6) is 0 Å². The Morgan fingerprint density at radius 2 is 1.90 bits per heavy atom. The second-order valence-corrected chi connectivity index (χ2v) is 5.23. The molecule has 6 heteroatoms. The lowest BCUT2D eigenvalue weighted by atomic mass is 9.93. The third-order valence-electron chi connectivity index (χ3n) is 3.71. The van der Waals surface area contributed by atoms with Gasteiger partial charge in [-0.3, -0.25) is 4.79 Å². The minimum Gasteiger partial charge on any atom is -0.399 e. The predicted octanol–water partition coefficient (Wildman–Crippen LogP) is 1.39. The van der Waals surface area contributed by atoms with Gasteiger partial charge in [0.25, 0.3) is 0 Å². The Labute approximate surface area is 118 Å². The van der Waals surface area contributed by atoms with Gasteiger partial charge in [0.2, 0.25) is 5.91 Å². The molecule has 0 spiro atoms. The van der Waals surface area contributed by atoms with Crippen molar-refractivity contribution in [3.05, 3.63) is 24.3 Å². The summed E-state index contributed by atoms with van der Waals surface area (Å²) in [6.07, 6.45) is 1.52. The summed E-state index contributed by atoms with van der Waals surface area (Å²) in [5, 5.41) is 2.81. The van der Waals surface area contributed by atoms with Crippen molar-refractivity contribution in [1.29, 1.82) is 0 Å². The smallest absolute Gasteiger partial charge is 0.322 e. The largest absolute Gasteiger partial charge is 0.399 e. The van der Waals surface area contributed by atoms with E-state index < -0.39 is 0 Å². The van der Waals surface area contributed by atoms with Crippen LogP contribution >= 0.6 is 0 Å². The fourth-order valence-corrected chi connectivity index (χ4v) is 2.38. The zero-order chi connectivity index (χ0) is 14.7. The molecule has 0 aliphatic carbocycles. The summed E-state index contributed by atoms with van der Waals surface area (Å²) < 4.78 is 0.